The molecule has 2 aromatic heterocycles. The maximum absolute atomic E-state index is 12.8. The minimum absolute atomic E-state index is 0.138. The third-order valence-electron chi connectivity index (χ3n) is 4.93. The van der Waals surface area contributed by atoms with E-state index in [0.717, 1.165) is 5.56 Å². The van der Waals surface area contributed by atoms with Crippen molar-refractivity contribution >= 4 is 28.4 Å². The Bertz CT molecular complexity index is 1340. The molecule has 32 heavy (non-hydrogen) atoms. The monoisotopic (exact) mass is 425 g/mol. The molecule has 0 atom stereocenters. The van der Waals surface area contributed by atoms with Crippen molar-refractivity contribution in [3.05, 3.63) is 84.6 Å². The van der Waals surface area contributed by atoms with Crippen molar-refractivity contribution in [2.24, 2.45) is 0 Å². The number of nitrogen functional groups attached to an aromatic ring is 1. The highest BCUT2D eigenvalue weighted by atomic mass is 16.3. The molecule has 2 heterocycles. The third kappa shape index (κ3) is 3.85. The third-order valence-corrected chi connectivity index (χ3v) is 4.93. The fraction of sp³-hybridized carbons (Fsp3) is 0.0870. The number of amides is 1. The van der Waals surface area contributed by atoms with Gasteiger partial charge in [-0.2, -0.15) is 5.10 Å². The van der Waals surface area contributed by atoms with Gasteiger partial charge in [0.05, 0.1) is 18.5 Å². The maximum atomic E-state index is 12.8. The number of hydrogen-bond donors (Lipinski definition) is 2. The molecule has 9 heteroatoms. The summed E-state index contributed by atoms with van der Waals surface area (Å²) in [7, 11) is 0. The molecule has 0 spiro atoms. The number of para-hydroxylation sites is 1. The van der Waals surface area contributed by atoms with Crippen molar-refractivity contribution in [3.8, 4) is 17.0 Å². The number of phenols is 1. The van der Waals surface area contributed by atoms with Crippen molar-refractivity contribution in [1.29, 1.82) is 0 Å². The summed E-state index contributed by atoms with van der Waals surface area (Å²) in [5.41, 5.74) is 8.43. The second-order valence-corrected chi connectivity index (χ2v) is 6.93. The second kappa shape index (κ2) is 8.57. The summed E-state index contributed by atoms with van der Waals surface area (Å²) >= 11 is 0. The summed E-state index contributed by atoms with van der Waals surface area (Å²) in [6, 6.07) is 15.6. The minimum atomic E-state index is -0.476. The van der Waals surface area contributed by atoms with Crippen molar-refractivity contribution in [1.82, 2.24) is 19.7 Å². The number of carbonyl (C=O) groups is 1. The van der Waals surface area contributed by atoms with E-state index in [1.807, 2.05) is 18.2 Å². The number of benzene rings is 2. The van der Waals surface area contributed by atoms with Gasteiger partial charge in [-0.25, -0.2) is 19.5 Å². The molecule has 4 aromatic rings. The fourth-order valence-electron chi connectivity index (χ4n) is 3.36. The number of carbonyl (C=O) groups excluding carboxylic acids is 1. The highest BCUT2D eigenvalue weighted by Crippen LogP contribution is 2.31. The average molecular weight is 425 g/mol. The number of aromatic hydroxyl groups is 1. The Kier molecular flexibility index (Phi) is 5.51. The Hall–Kier alpha value is -4.71. The van der Waals surface area contributed by atoms with Crippen LogP contribution in [0.25, 0.3) is 27.1 Å². The number of nitrogens with two attached hydrogens (primary N) is 1. The molecule has 158 valence electrons. The molecule has 0 aliphatic carbocycles. The lowest BCUT2D eigenvalue weighted by Crippen LogP contribution is -2.34. The van der Waals surface area contributed by atoms with E-state index in [1.54, 1.807) is 41.1 Å². The van der Waals surface area contributed by atoms with Gasteiger partial charge < -0.3 is 15.7 Å². The maximum Gasteiger partial charge on any atom is 0.256 e. The molecule has 0 fully saturated rings. The first-order valence-electron chi connectivity index (χ1n) is 9.69. The van der Waals surface area contributed by atoms with Gasteiger partial charge in [0.25, 0.3) is 5.91 Å². The van der Waals surface area contributed by atoms with Gasteiger partial charge in [0, 0.05) is 17.8 Å². The van der Waals surface area contributed by atoms with Crippen molar-refractivity contribution in [3.63, 3.8) is 0 Å². The molecule has 0 aliphatic heterocycles. The summed E-state index contributed by atoms with van der Waals surface area (Å²) in [4.78, 5) is 25.9. The summed E-state index contributed by atoms with van der Waals surface area (Å²) in [6.07, 6.45) is 1.36. The van der Waals surface area contributed by atoms with Crippen LogP contribution in [-0.2, 0) is 11.3 Å². The first kappa shape index (κ1) is 20.6. The SMILES string of the molecule is [C-]#[N+]C(=C)C(=O)N(CCn1nc(-c2ccc(O)cc2)c2c(N)ncnc21)c1ccccc1. The van der Waals surface area contributed by atoms with Crippen LogP contribution in [0.1, 0.15) is 0 Å². The number of phenolic OH excluding ortho intramolecular Hbond substituents is 1. The van der Waals surface area contributed by atoms with Crippen molar-refractivity contribution < 1.29 is 9.90 Å². The first-order chi connectivity index (χ1) is 15.5. The molecule has 4 rings (SSSR count). The molecule has 1 amide bonds. The van der Waals surface area contributed by atoms with Crippen LogP contribution in [0.5, 0.6) is 5.75 Å². The van der Waals surface area contributed by atoms with Crippen LogP contribution in [0, 0.1) is 6.57 Å². The molecular formula is C23H19N7O2. The number of fused-ring (bicyclic) bond motifs is 1. The lowest BCUT2D eigenvalue weighted by Gasteiger charge is -2.22. The van der Waals surface area contributed by atoms with Crippen LogP contribution >= 0.6 is 0 Å². The molecule has 0 radical (unpaired) electrons. The molecule has 0 unspecified atom stereocenters. The highest BCUT2D eigenvalue weighted by Gasteiger charge is 2.21. The lowest BCUT2D eigenvalue weighted by molar-refractivity contribution is -0.114. The van der Waals surface area contributed by atoms with E-state index in [4.69, 9.17) is 12.3 Å². The van der Waals surface area contributed by atoms with Gasteiger partial charge in [0.2, 0.25) is 5.70 Å². The second-order valence-electron chi connectivity index (χ2n) is 6.93. The molecule has 9 nitrogen and oxygen atoms in total. The topological polar surface area (TPSA) is 115 Å². The minimum Gasteiger partial charge on any atom is -0.508 e. The first-order valence-corrected chi connectivity index (χ1v) is 9.69. The van der Waals surface area contributed by atoms with Crippen LogP contribution in [0.3, 0.4) is 0 Å². The molecule has 0 saturated carbocycles. The Morgan fingerprint density at radius 1 is 1.16 bits per heavy atom. The molecule has 0 aliphatic rings. The number of aromatic nitrogens is 4. The van der Waals surface area contributed by atoms with Gasteiger partial charge in [0.1, 0.15) is 23.6 Å². The largest absolute Gasteiger partial charge is 0.508 e. The zero-order valence-corrected chi connectivity index (χ0v) is 17.0. The van der Waals surface area contributed by atoms with Gasteiger partial charge in [-0.05, 0) is 36.4 Å². The zero-order chi connectivity index (χ0) is 22.7. The van der Waals surface area contributed by atoms with Crippen LogP contribution in [0.2, 0.25) is 0 Å². The van der Waals surface area contributed by atoms with E-state index < -0.39 is 5.91 Å². The van der Waals surface area contributed by atoms with E-state index in [9.17, 15) is 9.90 Å². The van der Waals surface area contributed by atoms with Gasteiger partial charge in [-0.1, -0.05) is 24.8 Å². The number of anilines is 2. The van der Waals surface area contributed by atoms with Gasteiger partial charge in [-0.3, -0.25) is 4.79 Å². The Labute approximate surface area is 183 Å². The molecule has 2 aromatic carbocycles. The number of hydrogen-bond acceptors (Lipinski definition) is 6. The summed E-state index contributed by atoms with van der Waals surface area (Å²) < 4.78 is 1.65. The standard InChI is InChI=1S/C23H19N7O2/c1-15(25-2)23(32)29(17-6-4-3-5-7-17)12-13-30-22-19(21(24)26-14-27-22)20(28-30)16-8-10-18(31)11-9-16/h3-11,14,31H,1,12-13H2,(H2,24,26,27). The van der Waals surface area contributed by atoms with Gasteiger partial charge >= 0.3 is 0 Å². The molecule has 0 bridgehead atoms. The zero-order valence-electron chi connectivity index (χ0n) is 17.0. The summed E-state index contributed by atoms with van der Waals surface area (Å²) in [5, 5.41) is 14.9. The average Bonchev–Trinajstić information content (AvgIpc) is 3.19. The summed E-state index contributed by atoms with van der Waals surface area (Å²) in [6.45, 7) is 11.2. The molecular weight excluding hydrogens is 406 g/mol. The smallest absolute Gasteiger partial charge is 0.256 e. The number of rotatable bonds is 6. The van der Waals surface area contributed by atoms with Crippen molar-refractivity contribution in [2.75, 3.05) is 17.2 Å². The Balaban J connectivity index is 1.73. The van der Waals surface area contributed by atoms with Crippen molar-refractivity contribution in [2.45, 2.75) is 6.54 Å². The van der Waals surface area contributed by atoms with Crippen LogP contribution in [-0.4, -0.2) is 37.3 Å². The predicted octanol–water partition coefficient (Wildman–Crippen LogP) is 3.25. The Morgan fingerprint density at radius 3 is 2.56 bits per heavy atom. The fourth-order valence-corrected chi connectivity index (χ4v) is 3.36. The normalized spacial score (nSPS) is 10.6. The predicted molar refractivity (Wildman–Crippen MR) is 121 cm³/mol. The van der Waals surface area contributed by atoms with E-state index in [-0.39, 0.29) is 30.4 Å². The van der Waals surface area contributed by atoms with Gasteiger partial charge in [-0.15, -0.1) is 0 Å². The number of nitrogens with zero attached hydrogens (tertiary/aromatic N) is 6. The van der Waals surface area contributed by atoms with Crippen LogP contribution in [0.15, 0.2) is 73.2 Å². The quantitative estimate of drug-likeness (QED) is 0.362. The van der Waals surface area contributed by atoms with Crippen LogP contribution in [0.4, 0.5) is 11.5 Å². The molecule has 0 saturated heterocycles. The van der Waals surface area contributed by atoms with E-state index in [0.29, 0.717) is 22.4 Å². The molecule has 3 N–H and O–H groups in total. The highest BCUT2D eigenvalue weighted by molar-refractivity contribution is 6.06. The lowest BCUT2D eigenvalue weighted by atomic mass is 10.1. The Morgan fingerprint density at radius 2 is 1.88 bits per heavy atom. The van der Waals surface area contributed by atoms with E-state index in [2.05, 4.69) is 26.5 Å². The summed E-state index contributed by atoms with van der Waals surface area (Å²) in [5.74, 6) is -0.0592. The van der Waals surface area contributed by atoms with Crippen LogP contribution < -0.4 is 10.6 Å². The van der Waals surface area contributed by atoms with Gasteiger partial charge in [0.15, 0.2) is 5.65 Å². The van der Waals surface area contributed by atoms with E-state index in [1.165, 1.54) is 11.2 Å². The van der Waals surface area contributed by atoms with E-state index >= 15 is 0 Å².